The van der Waals surface area contributed by atoms with Crippen LogP contribution >= 0.6 is 0 Å². The number of hydrogen-bond acceptors (Lipinski definition) is 5. The maximum atomic E-state index is 12.1. The molecule has 3 rings (SSSR count). The van der Waals surface area contributed by atoms with Gasteiger partial charge < -0.3 is 4.74 Å². The van der Waals surface area contributed by atoms with Gasteiger partial charge in [-0.1, -0.05) is 6.07 Å². The molecule has 0 spiro atoms. The van der Waals surface area contributed by atoms with Crippen LogP contribution in [0.3, 0.4) is 0 Å². The van der Waals surface area contributed by atoms with E-state index in [-0.39, 0.29) is 5.97 Å². The van der Waals surface area contributed by atoms with E-state index < -0.39 is 5.60 Å². The van der Waals surface area contributed by atoms with Crippen molar-refractivity contribution in [2.24, 2.45) is 15.4 Å². The Labute approximate surface area is 117 Å². The Bertz CT molecular complexity index is 679. The number of esters is 1. The van der Waals surface area contributed by atoms with E-state index in [9.17, 15) is 4.79 Å². The summed E-state index contributed by atoms with van der Waals surface area (Å²) in [5.41, 5.74) is 3.81. The molecule has 0 amide bonds. The van der Waals surface area contributed by atoms with Crippen molar-refractivity contribution >= 4 is 17.8 Å². The molecule has 1 aromatic carbocycles. The summed E-state index contributed by atoms with van der Waals surface area (Å²) in [5, 5.41) is 11.6. The summed E-state index contributed by atoms with van der Waals surface area (Å²) in [6, 6.07) is 5.54. The minimum atomic E-state index is -0.493. The highest BCUT2D eigenvalue weighted by Gasteiger charge is 2.23. The van der Waals surface area contributed by atoms with Crippen molar-refractivity contribution in [2.75, 3.05) is 0 Å². The molecule has 0 saturated carbocycles. The molecular weight excluding hydrogens is 254 g/mol. The van der Waals surface area contributed by atoms with Gasteiger partial charge in [0.1, 0.15) is 11.3 Å². The van der Waals surface area contributed by atoms with Crippen LogP contribution in [-0.2, 0) is 11.2 Å². The maximum absolute atomic E-state index is 12.1. The number of nitrogens with zero attached hydrogens (tertiary/aromatic N) is 3. The van der Waals surface area contributed by atoms with Gasteiger partial charge in [0, 0.05) is 6.42 Å². The van der Waals surface area contributed by atoms with Crippen LogP contribution in [0.25, 0.3) is 6.08 Å². The average molecular weight is 269 g/mol. The minimum absolute atomic E-state index is 0.308. The maximum Gasteiger partial charge on any atom is 0.338 e. The molecule has 5 heteroatoms. The topological polar surface area (TPSA) is 63.4 Å². The van der Waals surface area contributed by atoms with Gasteiger partial charge in [-0.15, -0.1) is 10.2 Å². The molecule has 0 fully saturated rings. The van der Waals surface area contributed by atoms with Gasteiger partial charge in [0.05, 0.1) is 11.3 Å². The summed E-state index contributed by atoms with van der Waals surface area (Å²) in [4.78, 5) is 12.1. The number of carbonyl (C=O) groups is 1. The molecular formula is C15H15N3O2. The first-order valence-electron chi connectivity index (χ1n) is 6.48. The number of carbonyl (C=O) groups excluding carboxylic acids is 1. The Balaban J connectivity index is 1.91. The third-order valence-electron chi connectivity index (χ3n) is 3.04. The monoisotopic (exact) mass is 269 g/mol. The molecule has 0 radical (unpaired) electrons. The molecule has 1 heterocycles. The predicted molar refractivity (Wildman–Crippen MR) is 75.6 cm³/mol. The fraction of sp³-hybridized carbons (Fsp3) is 0.333. The second kappa shape index (κ2) is 4.37. The molecule has 1 aliphatic heterocycles. The largest absolute Gasteiger partial charge is 0.456 e. The molecule has 2 aliphatic rings. The quantitative estimate of drug-likeness (QED) is 0.734. The summed E-state index contributed by atoms with van der Waals surface area (Å²) >= 11 is 0. The fourth-order valence-electron chi connectivity index (χ4n) is 2.16. The molecule has 0 aromatic heterocycles. The van der Waals surface area contributed by atoms with Crippen LogP contribution < -0.4 is 0 Å². The van der Waals surface area contributed by atoms with Crippen LogP contribution in [0.5, 0.6) is 0 Å². The zero-order valence-electron chi connectivity index (χ0n) is 11.7. The van der Waals surface area contributed by atoms with Gasteiger partial charge >= 0.3 is 5.97 Å². The molecule has 0 unspecified atom stereocenters. The van der Waals surface area contributed by atoms with E-state index in [1.165, 1.54) is 0 Å². The number of fused-ring (bicyclic) bond motifs is 2. The summed E-state index contributed by atoms with van der Waals surface area (Å²) < 4.78 is 5.38. The van der Waals surface area contributed by atoms with Crippen LogP contribution in [-0.4, -0.2) is 17.3 Å². The van der Waals surface area contributed by atoms with Crippen LogP contribution in [0.15, 0.2) is 39.3 Å². The van der Waals surface area contributed by atoms with Crippen molar-refractivity contribution in [2.45, 2.75) is 32.8 Å². The lowest BCUT2D eigenvalue weighted by atomic mass is 9.92. The smallest absolute Gasteiger partial charge is 0.338 e. The molecule has 0 N–H and O–H groups in total. The minimum Gasteiger partial charge on any atom is -0.456 e. The molecule has 1 aliphatic carbocycles. The summed E-state index contributed by atoms with van der Waals surface area (Å²) in [6.07, 6.45) is 2.58. The molecule has 0 saturated heterocycles. The third kappa shape index (κ3) is 2.39. The van der Waals surface area contributed by atoms with Crippen LogP contribution in [0.1, 0.15) is 42.3 Å². The normalized spacial score (nSPS) is 16.1. The summed E-state index contributed by atoms with van der Waals surface area (Å²) in [5.74, 6) is -0.308. The van der Waals surface area contributed by atoms with Crippen molar-refractivity contribution < 1.29 is 9.53 Å². The predicted octanol–water partition coefficient (Wildman–Crippen LogP) is 3.36. The standard InChI is InChI=1S/C15H15N3O2/c1-15(2,3)20-14(19)10-5-4-9-7-12-13(17-18-16-12)8-11(9)6-10/h4-7H,8H2,1-3H3. The van der Waals surface area contributed by atoms with E-state index in [1.54, 1.807) is 6.07 Å². The first-order chi connectivity index (χ1) is 9.42. The Hall–Kier alpha value is -2.30. The van der Waals surface area contributed by atoms with Crippen LogP contribution in [0.2, 0.25) is 0 Å². The van der Waals surface area contributed by atoms with Crippen LogP contribution in [0.4, 0.5) is 0 Å². The Kier molecular flexibility index (Phi) is 2.78. The Morgan fingerprint density at radius 2 is 2.10 bits per heavy atom. The molecule has 0 atom stereocenters. The number of benzene rings is 1. The van der Waals surface area contributed by atoms with Gasteiger partial charge in [-0.2, -0.15) is 0 Å². The second-order valence-electron chi connectivity index (χ2n) is 5.86. The van der Waals surface area contributed by atoms with E-state index in [4.69, 9.17) is 4.74 Å². The van der Waals surface area contributed by atoms with Gasteiger partial charge in [0.25, 0.3) is 0 Å². The van der Waals surface area contributed by atoms with Gasteiger partial charge in [-0.3, -0.25) is 0 Å². The van der Waals surface area contributed by atoms with Gasteiger partial charge in [0.2, 0.25) is 0 Å². The van der Waals surface area contributed by atoms with E-state index in [2.05, 4.69) is 15.4 Å². The van der Waals surface area contributed by atoms with Gasteiger partial charge in [-0.25, -0.2) is 4.79 Å². The lowest BCUT2D eigenvalue weighted by Gasteiger charge is -2.20. The third-order valence-corrected chi connectivity index (χ3v) is 3.04. The zero-order chi connectivity index (χ0) is 14.3. The van der Waals surface area contributed by atoms with E-state index >= 15 is 0 Å². The fourth-order valence-corrected chi connectivity index (χ4v) is 2.16. The van der Waals surface area contributed by atoms with E-state index in [0.717, 1.165) is 22.5 Å². The average Bonchev–Trinajstić information content (AvgIpc) is 2.80. The van der Waals surface area contributed by atoms with Crippen molar-refractivity contribution in [3.63, 3.8) is 0 Å². The molecule has 102 valence electrons. The highest BCUT2D eigenvalue weighted by Crippen LogP contribution is 2.27. The molecule has 20 heavy (non-hydrogen) atoms. The van der Waals surface area contributed by atoms with E-state index in [1.807, 2.05) is 39.0 Å². The van der Waals surface area contributed by atoms with Crippen LogP contribution in [0, 0.1) is 0 Å². The highest BCUT2D eigenvalue weighted by molar-refractivity contribution is 6.08. The first-order valence-corrected chi connectivity index (χ1v) is 6.48. The number of ether oxygens (including phenoxy) is 1. The first kappa shape index (κ1) is 12.7. The molecule has 1 aromatic rings. The summed E-state index contributed by atoms with van der Waals surface area (Å²) in [7, 11) is 0. The van der Waals surface area contributed by atoms with Crippen molar-refractivity contribution in [3.8, 4) is 0 Å². The van der Waals surface area contributed by atoms with Gasteiger partial charge in [-0.05, 0) is 55.3 Å². The molecule has 5 nitrogen and oxygen atoms in total. The lowest BCUT2D eigenvalue weighted by molar-refractivity contribution is 0.00694. The van der Waals surface area contributed by atoms with E-state index in [0.29, 0.717) is 12.0 Å². The lowest BCUT2D eigenvalue weighted by Crippen LogP contribution is -2.24. The Morgan fingerprint density at radius 3 is 2.85 bits per heavy atom. The zero-order valence-corrected chi connectivity index (χ0v) is 11.7. The van der Waals surface area contributed by atoms with Crippen molar-refractivity contribution in [1.82, 2.24) is 0 Å². The summed E-state index contributed by atoms with van der Waals surface area (Å²) in [6.45, 7) is 5.57. The Morgan fingerprint density at radius 1 is 1.30 bits per heavy atom. The van der Waals surface area contributed by atoms with Crippen molar-refractivity contribution in [3.05, 3.63) is 40.6 Å². The number of allylic oxidation sites excluding steroid dienone is 1. The second-order valence-corrected chi connectivity index (χ2v) is 5.86. The number of rotatable bonds is 1. The number of hydrogen-bond donors (Lipinski definition) is 0. The SMILES string of the molecule is CC(C)(C)OC(=O)c1ccc2c(c1)CC1=NN=NC1=C2. The highest BCUT2D eigenvalue weighted by atomic mass is 16.6. The van der Waals surface area contributed by atoms with Crippen molar-refractivity contribution in [1.29, 1.82) is 0 Å². The molecule has 0 bridgehead atoms. The van der Waals surface area contributed by atoms with Gasteiger partial charge in [0.15, 0.2) is 0 Å².